The molecular formula is C16H19BrN2O. The Hall–Kier alpha value is -1.39. The van der Waals surface area contributed by atoms with Gasteiger partial charge in [-0.2, -0.15) is 0 Å². The molecule has 1 heterocycles. The van der Waals surface area contributed by atoms with Crippen LogP contribution in [-0.2, 0) is 6.54 Å². The number of halogens is 1. The number of aryl methyl sites for hydroxylation is 2. The van der Waals surface area contributed by atoms with Crippen molar-refractivity contribution in [2.45, 2.75) is 20.4 Å². The van der Waals surface area contributed by atoms with Gasteiger partial charge in [0.1, 0.15) is 12.4 Å². The van der Waals surface area contributed by atoms with Gasteiger partial charge < -0.3 is 10.1 Å². The number of hydrogen-bond donors (Lipinski definition) is 1. The fourth-order valence-electron chi connectivity index (χ4n) is 1.97. The number of nitrogens with zero attached hydrogens (tertiary/aromatic N) is 1. The normalized spacial score (nSPS) is 10.6. The third kappa shape index (κ3) is 4.32. The molecule has 0 radical (unpaired) electrons. The van der Waals surface area contributed by atoms with E-state index < -0.39 is 0 Å². The predicted octanol–water partition coefficient (Wildman–Crippen LogP) is 3.63. The van der Waals surface area contributed by atoms with E-state index in [-0.39, 0.29) is 0 Å². The maximum absolute atomic E-state index is 5.76. The summed E-state index contributed by atoms with van der Waals surface area (Å²) in [5.41, 5.74) is 3.58. The van der Waals surface area contributed by atoms with Crippen molar-refractivity contribution in [3.8, 4) is 5.75 Å². The molecule has 0 spiro atoms. The van der Waals surface area contributed by atoms with Gasteiger partial charge in [0.25, 0.3) is 0 Å². The van der Waals surface area contributed by atoms with Crippen LogP contribution in [0.2, 0.25) is 0 Å². The Kier molecular flexibility index (Phi) is 5.56. The molecule has 0 aliphatic carbocycles. The Morgan fingerprint density at radius 1 is 1.25 bits per heavy atom. The molecule has 4 heteroatoms. The van der Waals surface area contributed by atoms with Crippen molar-refractivity contribution >= 4 is 15.9 Å². The smallest absolute Gasteiger partial charge is 0.119 e. The topological polar surface area (TPSA) is 34.1 Å². The van der Waals surface area contributed by atoms with Crippen LogP contribution in [0.5, 0.6) is 5.75 Å². The summed E-state index contributed by atoms with van der Waals surface area (Å²) in [5, 5.41) is 3.34. The lowest BCUT2D eigenvalue weighted by Crippen LogP contribution is -2.20. The lowest BCUT2D eigenvalue weighted by atomic mass is 10.1. The lowest BCUT2D eigenvalue weighted by Gasteiger charge is -2.10. The highest BCUT2D eigenvalue weighted by Gasteiger charge is 2.02. The van der Waals surface area contributed by atoms with E-state index in [2.05, 4.69) is 58.3 Å². The zero-order valence-electron chi connectivity index (χ0n) is 11.8. The van der Waals surface area contributed by atoms with Crippen LogP contribution >= 0.6 is 15.9 Å². The highest BCUT2D eigenvalue weighted by Crippen LogP contribution is 2.26. The van der Waals surface area contributed by atoms with Crippen LogP contribution in [0.15, 0.2) is 41.1 Å². The first-order chi connectivity index (χ1) is 9.66. The second-order valence-corrected chi connectivity index (χ2v) is 5.55. The molecule has 0 atom stereocenters. The number of hydrogen-bond acceptors (Lipinski definition) is 3. The molecule has 0 saturated carbocycles. The van der Waals surface area contributed by atoms with Crippen LogP contribution in [0.25, 0.3) is 0 Å². The molecule has 106 valence electrons. The van der Waals surface area contributed by atoms with E-state index in [0.29, 0.717) is 6.61 Å². The first-order valence-electron chi connectivity index (χ1n) is 6.66. The van der Waals surface area contributed by atoms with Crippen molar-refractivity contribution in [3.05, 3.63) is 57.8 Å². The number of nitrogens with one attached hydrogen (secondary N) is 1. The van der Waals surface area contributed by atoms with Crippen molar-refractivity contribution in [1.82, 2.24) is 10.3 Å². The molecule has 2 rings (SSSR count). The van der Waals surface area contributed by atoms with Gasteiger partial charge in [-0.1, -0.05) is 22.0 Å². The van der Waals surface area contributed by atoms with Gasteiger partial charge in [-0.05, 0) is 48.7 Å². The van der Waals surface area contributed by atoms with E-state index in [4.69, 9.17) is 4.74 Å². The molecule has 1 aromatic heterocycles. The van der Waals surface area contributed by atoms with E-state index in [1.54, 1.807) is 6.20 Å². The summed E-state index contributed by atoms with van der Waals surface area (Å²) in [5.74, 6) is 0.923. The summed E-state index contributed by atoms with van der Waals surface area (Å²) < 4.78 is 6.91. The molecule has 0 aliphatic rings. The van der Waals surface area contributed by atoms with Crippen LogP contribution in [0.1, 0.15) is 16.7 Å². The average Bonchev–Trinajstić information content (AvgIpc) is 2.45. The van der Waals surface area contributed by atoms with Gasteiger partial charge in [-0.3, -0.25) is 4.98 Å². The fraction of sp³-hybridized carbons (Fsp3) is 0.312. The summed E-state index contributed by atoms with van der Waals surface area (Å²) in [4.78, 5) is 4.08. The number of pyridine rings is 1. The first kappa shape index (κ1) is 15.0. The molecule has 0 unspecified atom stereocenters. The molecular weight excluding hydrogens is 316 g/mol. The zero-order valence-corrected chi connectivity index (χ0v) is 13.4. The van der Waals surface area contributed by atoms with E-state index in [9.17, 15) is 0 Å². The molecule has 20 heavy (non-hydrogen) atoms. The van der Waals surface area contributed by atoms with Crippen molar-refractivity contribution in [3.63, 3.8) is 0 Å². The summed E-state index contributed by atoms with van der Waals surface area (Å²) in [6.07, 6.45) is 3.65. The van der Waals surface area contributed by atoms with Crippen LogP contribution in [0, 0.1) is 13.8 Å². The second-order valence-electron chi connectivity index (χ2n) is 4.76. The van der Waals surface area contributed by atoms with E-state index in [1.165, 1.54) is 16.7 Å². The summed E-state index contributed by atoms with van der Waals surface area (Å²) in [7, 11) is 0. The van der Waals surface area contributed by atoms with Crippen molar-refractivity contribution in [2.24, 2.45) is 0 Å². The molecule has 0 saturated heterocycles. The predicted molar refractivity (Wildman–Crippen MR) is 85.1 cm³/mol. The van der Waals surface area contributed by atoms with Crippen LogP contribution in [0.4, 0.5) is 0 Å². The molecule has 2 aromatic rings. The van der Waals surface area contributed by atoms with Gasteiger partial charge in [0.05, 0.1) is 0 Å². The fourth-order valence-corrected chi connectivity index (χ4v) is 2.19. The van der Waals surface area contributed by atoms with Gasteiger partial charge in [0.15, 0.2) is 0 Å². The molecule has 1 aromatic carbocycles. The molecule has 0 fully saturated rings. The van der Waals surface area contributed by atoms with Crippen LogP contribution in [0.3, 0.4) is 0 Å². The number of rotatable bonds is 6. The molecule has 0 amide bonds. The van der Waals surface area contributed by atoms with Gasteiger partial charge in [-0.25, -0.2) is 0 Å². The summed E-state index contributed by atoms with van der Waals surface area (Å²) >= 11 is 3.56. The Bertz CT molecular complexity index is 535. The monoisotopic (exact) mass is 334 g/mol. The highest BCUT2D eigenvalue weighted by atomic mass is 79.9. The van der Waals surface area contributed by atoms with Crippen LogP contribution in [-0.4, -0.2) is 18.1 Å². The molecule has 0 aliphatic heterocycles. The first-order valence-corrected chi connectivity index (χ1v) is 7.45. The number of aromatic nitrogens is 1. The SMILES string of the molecule is Cc1cc(OCCNCc2cccnc2)cc(C)c1Br. The Morgan fingerprint density at radius 3 is 2.65 bits per heavy atom. The van der Waals surface area contributed by atoms with Gasteiger partial charge in [0, 0.05) is 30.0 Å². The van der Waals surface area contributed by atoms with Crippen molar-refractivity contribution in [1.29, 1.82) is 0 Å². The van der Waals surface area contributed by atoms with Crippen LogP contribution < -0.4 is 10.1 Å². The minimum Gasteiger partial charge on any atom is -0.492 e. The van der Waals surface area contributed by atoms with E-state index in [1.807, 2.05) is 12.3 Å². The second kappa shape index (κ2) is 7.41. The standard InChI is InChI=1S/C16H19BrN2O/c1-12-8-15(9-13(2)16(12)17)20-7-6-19-11-14-4-3-5-18-10-14/h3-5,8-10,19H,6-7,11H2,1-2H3. The average molecular weight is 335 g/mol. The number of ether oxygens (including phenoxy) is 1. The maximum Gasteiger partial charge on any atom is 0.119 e. The third-order valence-corrected chi connectivity index (χ3v) is 4.26. The van der Waals surface area contributed by atoms with Gasteiger partial charge in [-0.15, -0.1) is 0 Å². The van der Waals surface area contributed by atoms with Gasteiger partial charge in [0.2, 0.25) is 0 Å². The summed E-state index contributed by atoms with van der Waals surface area (Å²) in [6.45, 7) is 6.43. The van der Waals surface area contributed by atoms with Crippen molar-refractivity contribution in [2.75, 3.05) is 13.2 Å². The van der Waals surface area contributed by atoms with Crippen molar-refractivity contribution < 1.29 is 4.74 Å². The minimum absolute atomic E-state index is 0.654. The lowest BCUT2D eigenvalue weighted by molar-refractivity contribution is 0.313. The van der Waals surface area contributed by atoms with E-state index >= 15 is 0 Å². The summed E-state index contributed by atoms with van der Waals surface area (Å²) in [6, 6.07) is 8.11. The molecule has 0 bridgehead atoms. The zero-order chi connectivity index (χ0) is 14.4. The largest absolute Gasteiger partial charge is 0.492 e. The number of benzene rings is 1. The Morgan fingerprint density at radius 2 is 2.00 bits per heavy atom. The van der Waals surface area contributed by atoms with Gasteiger partial charge >= 0.3 is 0 Å². The third-order valence-electron chi connectivity index (χ3n) is 3.01. The minimum atomic E-state index is 0.654. The highest BCUT2D eigenvalue weighted by molar-refractivity contribution is 9.10. The Labute approximate surface area is 128 Å². The molecule has 3 nitrogen and oxygen atoms in total. The molecule has 1 N–H and O–H groups in total. The maximum atomic E-state index is 5.76. The van der Waals surface area contributed by atoms with E-state index in [0.717, 1.165) is 23.3 Å². The Balaban J connectivity index is 1.74. The quantitative estimate of drug-likeness (QED) is 0.819.